The minimum atomic E-state index is -0.234. The van der Waals surface area contributed by atoms with E-state index in [0.717, 1.165) is 48.0 Å². The van der Waals surface area contributed by atoms with Crippen molar-refractivity contribution in [2.75, 3.05) is 12.4 Å². The molecule has 1 amide bonds. The Morgan fingerprint density at radius 1 is 1.26 bits per heavy atom. The minimum absolute atomic E-state index is 0.136. The van der Waals surface area contributed by atoms with E-state index < -0.39 is 0 Å². The van der Waals surface area contributed by atoms with Crippen molar-refractivity contribution >= 4 is 42.1 Å². The summed E-state index contributed by atoms with van der Waals surface area (Å²) in [6.07, 6.45) is 8.37. The van der Waals surface area contributed by atoms with E-state index in [9.17, 15) is 4.79 Å². The molecule has 0 spiro atoms. The van der Waals surface area contributed by atoms with E-state index >= 15 is 0 Å². The molecular formula is C26H30N6OS. The third-order valence-corrected chi connectivity index (χ3v) is 6.41. The molecule has 1 heterocycles. The third-order valence-electron chi connectivity index (χ3n) is 5.29. The van der Waals surface area contributed by atoms with E-state index in [1.165, 1.54) is 29.8 Å². The van der Waals surface area contributed by atoms with Gasteiger partial charge in [0.05, 0.1) is 5.69 Å². The highest BCUT2D eigenvalue weighted by molar-refractivity contribution is 8.03. The monoisotopic (exact) mass is 474 g/mol. The van der Waals surface area contributed by atoms with Crippen molar-refractivity contribution in [2.45, 2.75) is 26.3 Å². The second-order valence-corrected chi connectivity index (χ2v) is 8.97. The SMILES string of the molecule is C=N/C=C(/Cc1ccc(N=CC=CN)cc1)SCN1CCc2ccc(C(=N)NC(C)=O)cc2C1. The Balaban J connectivity index is 1.59. The largest absolute Gasteiger partial charge is 0.405 e. The van der Waals surface area contributed by atoms with Crippen LogP contribution in [0, 0.1) is 5.41 Å². The van der Waals surface area contributed by atoms with Crippen LogP contribution in [0.4, 0.5) is 5.69 Å². The summed E-state index contributed by atoms with van der Waals surface area (Å²) in [5, 5.41) is 10.6. The lowest BCUT2D eigenvalue weighted by Gasteiger charge is -2.29. The summed E-state index contributed by atoms with van der Waals surface area (Å²) in [4.78, 5) is 23.1. The zero-order chi connectivity index (χ0) is 24.3. The van der Waals surface area contributed by atoms with Crippen molar-refractivity contribution in [1.29, 1.82) is 5.41 Å². The van der Waals surface area contributed by atoms with Crippen LogP contribution in [0.3, 0.4) is 0 Å². The summed E-state index contributed by atoms with van der Waals surface area (Å²) in [5.74, 6) is 0.737. The maximum absolute atomic E-state index is 11.3. The standard InChI is InChI=1S/C26H30N6OS/c1-19(33)31-26(28)22-7-6-21-10-13-32(17-23(21)15-22)18-34-25(16-29-2)14-20-4-8-24(9-5-20)30-12-3-11-27/h3-9,11-12,15-16H,2,10,13-14,17-18,27H2,1H3,(H2,28,31,33)/b11-3?,25-16-,30-12?. The molecule has 0 aromatic heterocycles. The number of allylic oxidation sites excluding steroid dienone is 2. The molecule has 1 aliphatic rings. The molecule has 4 N–H and O–H groups in total. The van der Waals surface area contributed by atoms with E-state index in [4.69, 9.17) is 11.1 Å². The van der Waals surface area contributed by atoms with Gasteiger partial charge in [-0.3, -0.25) is 25.1 Å². The average Bonchev–Trinajstić information content (AvgIpc) is 2.83. The summed E-state index contributed by atoms with van der Waals surface area (Å²) in [6, 6.07) is 14.1. The van der Waals surface area contributed by atoms with Crippen molar-refractivity contribution in [3.63, 3.8) is 0 Å². The second kappa shape index (κ2) is 12.7. The fourth-order valence-electron chi connectivity index (χ4n) is 3.62. The second-order valence-electron chi connectivity index (χ2n) is 7.90. The normalized spacial score (nSPS) is 14.3. The van der Waals surface area contributed by atoms with Crippen molar-refractivity contribution in [1.82, 2.24) is 10.2 Å². The van der Waals surface area contributed by atoms with Crippen LogP contribution in [0.1, 0.15) is 29.2 Å². The van der Waals surface area contributed by atoms with Crippen molar-refractivity contribution in [3.05, 3.63) is 88.1 Å². The lowest BCUT2D eigenvalue weighted by Crippen LogP contribution is -2.31. The number of carbonyl (C=O) groups excluding carboxylic acids is 1. The van der Waals surface area contributed by atoms with Gasteiger partial charge in [-0.2, -0.15) is 0 Å². The number of hydrogen-bond acceptors (Lipinski definition) is 7. The Bertz CT molecular complexity index is 1120. The van der Waals surface area contributed by atoms with Gasteiger partial charge in [0.25, 0.3) is 0 Å². The summed E-state index contributed by atoms with van der Waals surface area (Å²) in [7, 11) is 0. The quantitative estimate of drug-likeness (QED) is 0.375. The number of amides is 1. The Morgan fingerprint density at radius 2 is 2.06 bits per heavy atom. The molecule has 2 aromatic carbocycles. The number of rotatable bonds is 9. The van der Waals surface area contributed by atoms with Crippen LogP contribution in [0.25, 0.3) is 0 Å². The van der Waals surface area contributed by atoms with E-state index in [1.807, 2.05) is 30.5 Å². The Labute approximate surface area is 205 Å². The van der Waals surface area contributed by atoms with E-state index in [-0.39, 0.29) is 11.7 Å². The van der Waals surface area contributed by atoms with Gasteiger partial charge >= 0.3 is 0 Å². The molecule has 1 aliphatic heterocycles. The van der Waals surface area contributed by atoms with E-state index in [2.05, 4.69) is 45.1 Å². The number of nitrogens with one attached hydrogen (secondary N) is 2. The van der Waals surface area contributed by atoms with Crippen LogP contribution >= 0.6 is 11.8 Å². The lowest BCUT2D eigenvalue weighted by atomic mass is 9.97. The molecule has 0 bridgehead atoms. The molecule has 0 unspecified atom stereocenters. The number of benzene rings is 2. The predicted molar refractivity (Wildman–Crippen MR) is 143 cm³/mol. The zero-order valence-corrected chi connectivity index (χ0v) is 20.1. The number of hydrogen-bond donors (Lipinski definition) is 3. The van der Waals surface area contributed by atoms with Gasteiger partial charge in [-0.05, 0) is 60.3 Å². The lowest BCUT2D eigenvalue weighted by molar-refractivity contribution is -0.117. The molecule has 3 rings (SSSR count). The fourth-order valence-corrected chi connectivity index (χ4v) is 4.61. The van der Waals surface area contributed by atoms with E-state index in [1.54, 1.807) is 24.1 Å². The molecule has 0 aliphatic carbocycles. The molecule has 0 atom stereocenters. The Hall–Kier alpha value is -3.49. The Morgan fingerprint density at radius 3 is 2.76 bits per heavy atom. The van der Waals surface area contributed by atoms with Gasteiger partial charge in [-0.15, -0.1) is 11.8 Å². The molecular weight excluding hydrogens is 444 g/mol. The summed E-state index contributed by atoms with van der Waals surface area (Å²) >= 11 is 1.76. The molecule has 7 nitrogen and oxygen atoms in total. The van der Waals surface area contributed by atoms with Gasteiger partial charge in [-0.25, -0.2) is 0 Å². The van der Waals surface area contributed by atoms with Crippen LogP contribution in [0.5, 0.6) is 0 Å². The van der Waals surface area contributed by atoms with Crippen LogP contribution in [-0.2, 0) is 24.2 Å². The number of aliphatic imine (C=N–C) groups is 2. The highest BCUT2D eigenvalue weighted by atomic mass is 32.2. The predicted octanol–water partition coefficient (Wildman–Crippen LogP) is 4.16. The molecule has 176 valence electrons. The first-order valence-electron chi connectivity index (χ1n) is 11.0. The van der Waals surface area contributed by atoms with Gasteiger partial charge in [0.2, 0.25) is 5.91 Å². The molecule has 2 aromatic rings. The fraction of sp³-hybridized carbons (Fsp3) is 0.231. The molecule has 0 radical (unpaired) electrons. The first-order valence-corrected chi connectivity index (χ1v) is 11.9. The Kier molecular flexibility index (Phi) is 9.37. The average molecular weight is 475 g/mol. The smallest absolute Gasteiger partial charge is 0.222 e. The van der Waals surface area contributed by atoms with Gasteiger partial charge in [0.1, 0.15) is 5.84 Å². The summed E-state index contributed by atoms with van der Waals surface area (Å²) in [6.45, 7) is 6.83. The number of thioether (sulfide) groups is 1. The number of nitrogens with zero attached hydrogens (tertiary/aromatic N) is 3. The topological polar surface area (TPSA) is 107 Å². The third kappa shape index (κ3) is 7.54. The first-order chi connectivity index (χ1) is 16.5. The number of carbonyl (C=O) groups is 1. The van der Waals surface area contributed by atoms with Crippen LogP contribution in [0.15, 0.2) is 75.8 Å². The molecule has 0 saturated heterocycles. The zero-order valence-electron chi connectivity index (χ0n) is 19.3. The number of fused-ring (bicyclic) bond motifs is 1. The number of amidine groups is 1. The van der Waals surface area contributed by atoms with Crippen LogP contribution in [0.2, 0.25) is 0 Å². The van der Waals surface area contributed by atoms with Crippen molar-refractivity contribution in [3.8, 4) is 0 Å². The van der Waals surface area contributed by atoms with Gasteiger partial charge in [0.15, 0.2) is 0 Å². The summed E-state index contributed by atoms with van der Waals surface area (Å²) < 4.78 is 0. The molecule has 0 saturated carbocycles. The van der Waals surface area contributed by atoms with Crippen LogP contribution in [-0.4, -0.2) is 42.0 Å². The first kappa shape index (κ1) is 25.1. The number of nitrogens with two attached hydrogens (primary N) is 1. The summed E-state index contributed by atoms with van der Waals surface area (Å²) in [5.41, 5.74) is 10.6. The maximum atomic E-state index is 11.3. The van der Waals surface area contributed by atoms with Crippen molar-refractivity contribution < 1.29 is 4.79 Å². The van der Waals surface area contributed by atoms with Gasteiger partial charge in [-0.1, -0.05) is 24.3 Å². The van der Waals surface area contributed by atoms with Crippen LogP contribution < -0.4 is 11.1 Å². The molecule has 8 heteroatoms. The highest BCUT2D eigenvalue weighted by Crippen LogP contribution is 2.27. The minimum Gasteiger partial charge on any atom is -0.405 e. The van der Waals surface area contributed by atoms with Gasteiger partial charge in [0, 0.05) is 55.2 Å². The highest BCUT2D eigenvalue weighted by Gasteiger charge is 2.18. The molecule has 34 heavy (non-hydrogen) atoms. The van der Waals surface area contributed by atoms with Gasteiger partial charge < -0.3 is 11.1 Å². The van der Waals surface area contributed by atoms with Crippen molar-refractivity contribution in [2.24, 2.45) is 15.7 Å². The maximum Gasteiger partial charge on any atom is 0.222 e. The molecule has 0 fully saturated rings. The van der Waals surface area contributed by atoms with E-state index in [0.29, 0.717) is 0 Å².